The molecule has 9 N–H and O–H groups in total. The summed E-state index contributed by atoms with van der Waals surface area (Å²) in [6.45, 7) is -1.38. The van der Waals surface area contributed by atoms with Crippen LogP contribution < -0.4 is 17.2 Å². The second-order valence-corrected chi connectivity index (χ2v) is 14.1. The summed E-state index contributed by atoms with van der Waals surface area (Å²) in [4.78, 5) is 58.6. The average molecular weight is 706 g/mol. The van der Waals surface area contributed by atoms with Crippen LogP contribution in [0.5, 0.6) is 0 Å². The monoisotopic (exact) mass is 706 g/mol. The van der Waals surface area contributed by atoms with E-state index in [1.54, 1.807) is 0 Å². The highest BCUT2D eigenvalue weighted by molar-refractivity contribution is 7.53. The Labute approximate surface area is 263 Å². The highest BCUT2D eigenvalue weighted by atomic mass is 31.2. The number of nitrogens with two attached hydrogens (primary N) is 2. The summed E-state index contributed by atoms with van der Waals surface area (Å²) < 4.78 is 61.1. The first-order chi connectivity index (χ1) is 22.2. The van der Waals surface area contributed by atoms with E-state index in [-0.39, 0.29) is 22.8 Å². The molecule has 0 bridgehead atoms. The third-order valence-corrected chi connectivity index (χ3v) is 10.2. The number of phosphoric acid groups is 1. The van der Waals surface area contributed by atoms with E-state index < -0.39 is 89.2 Å². The Hall–Kier alpha value is -2.95. The number of aliphatic hydroxyl groups excluding tert-OH is 2. The molecule has 3 aliphatic heterocycles. The van der Waals surface area contributed by atoms with Crippen LogP contribution >= 0.6 is 15.4 Å². The summed E-state index contributed by atoms with van der Waals surface area (Å²) in [5.41, 5.74) is 9.18. The molecule has 3 saturated heterocycles. The Kier molecular flexibility index (Phi) is 9.50. The van der Waals surface area contributed by atoms with Gasteiger partial charge in [-0.2, -0.15) is 4.98 Å². The quantitative estimate of drug-likeness (QED) is 0.106. The largest absolute Gasteiger partial charge is 0.469 e. The van der Waals surface area contributed by atoms with Crippen molar-refractivity contribution in [3.05, 3.63) is 35.4 Å². The molecule has 4 unspecified atom stereocenters. The summed E-state index contributed by atoms with van der Waals surface area (Å²) in [5, 5.41) is 21.6. The van der Waals surface area contributed by atoms with Crippen LogP contribution in [0.25, 0.3) is 11.2 Å². The number of aliphatic hydroxyl groups is 2. The van der Waals surface area contributed by atoms with Gasteiger partial charge in [0.2, 0.25) is 0 Å². The van der Waals surface area contributed by atoms with Crippen molar-refractivity contribution in [1.29, 1.82) is 0 Å². The van der Waals surface area contributed by atoms with Gasteiger partial charge >= 0.3 is 21.1 Å². The molecular formula is C23H32N8O14P2. The molecule has 0 radical (unpaired) electrons. The maximum atomic E-state index is 14.0. The van der Waals surface area contributed by atoms with Crippen LogP contribution in [0.2, 0.25) is 0 Å². The molecule has 3 aromatic heterocycles. The van der Waals surface area contributed by atoms with Crippen LogP contribution in [0.1, 0.15) is 25.3 Å². The fourth-order valence-electron chi connectivity index (χ4n) is 5.66. The van der Waals surface area contributed by atoms with Crippen LogP contribution in [0.3, 0.4) is 0 Å². The van der Waals surface area contributed by atoms with Gasteiger partial charge in [0.05, 0.1) is 19.5 Å². The first-order valence-corrected chi connectivity index (χ1v) is 17.3. The second-order valence-electron chi connectivity index (χ2n) is 10.9. The van der Waals surface area contributed by atoms with E-state index in [2.05, 4.69) is 24.5 Å². The Morgan fingerprint density at radius 3 is 2.43 bits per heavy atom. The van der Waals surface area contributed by atoms with E-state index in [0.29, 0.717) is 19.4 Å². The predicted octanol–water partition coefficient (Wildman–Crippen LogP) is -2.03. The van der Waals surface area contributed by atoms with E-state index in [9.17, 15) is 38.8 Å². The summed E-state index contributed by atoms with van der Waals surface area (Å²) in [5.74, 6) is -0.0563. The second kappa shape index (κ2) is 13.2. The van der Waals surface area contributed by atoms with Gasteiger partial charge in [-0.25, -0.2) is 24.3 Å². The van der Waals surface area contributed by atoms with Gasteiger partial charge in [-0.15, -0.1) is 0 Å². The van der Waals surface area contributed by atoms with Crippen molar-refractivity contribution < 1.29 is 62.0 Å². The Morgan fingerprint density at radius 2 is 1.72 bits per heavy atom. The van der Waals surface area contributed by atoms with Gasteiger partial charge < -0.3 is 59.8 Å². The molecule has 0 spiro atoms. The minimum absolute atomic E-state index is 0.0639. The molecule has 258 valence electrons. The van der Waals surface area contributed by atoms with Crippen molar-refractivity contribution in [2.75, 3.05) is 31.3 Å². The number of fused-ring (bicyclic) bond motifs is 1. The number of rotatable bonds is 11. The molecule has 3 aromatic rings. The number of phosphoric ester groups is 1. The standard InChI is InChI=1S/C23H32N8O14P2/c24-12-3-4-30(23(34)29-12)22-17(45-13-2-1-5-40-13)18(11(44-22)7-42-47(37,38)39)46(35,36)41-6-10-15(32)16(33)21(43-10)31-9-28-14-19(25)26-8-27-20(14)31/h3-4,8-11,13,15-18,21-22,32-33H,1-2,5-7H2,(H,35,36)(H2,24,29,34)(H2,25,26,27)(H2,37,38,39)/t10?,11?,13?,15-,16-,17-,18-,21-,22-/m1/s1. The number of nitrogen functional groups attached to an aromatic ring is 2. The fraction of sp³-hybridized carbons (Fsp3) is 0.609. The summed E-state index contributed by atoms with van der Waals surface area (Å²) in [6.07, 6.45) is -6.71. The van der Waals surface area contributed by atoms with E-state index in [1.165, 1.54) is 29.5 Å². The van der Waals surface area contributed by atoms with Crippen LogP contribution in [0, 0.1) is 0 Å². The maximum Gasteiger partial charge on any atom is 0.469 e. The highest BCUT2D eigenvalue weighted by Gasteiger charge is 2.58. The molecule has 47 heavy (non-hydrogen) atoms. The Bertz CT molecular complexity index is 1750. The molecule has 6 rings (SSSR count). The first-order valence-electron chi connectivity index (χ1n) is 14.1. The summed E-state index contributed by atoms with van der Waals surface area (Å²) in [7, 11) is -10.1. The SMILES string of the molecule is Nc1ccn([C@@H]2OC(COP(=O)(O)O)[C@@H](P(=O)(O)OCC3O[C@@H](n4cnc5c(N)ncnc54)[C@H](O)[C@@H]3O)[C@H]2OC2CCCO2)c(=O)n1. The lowest BCUT2D eigenvalue weighted by molar-refractivity contribution is -0.170. The van der Waals surface area contributed by atoms with E-state index in [0.717, 1.165) is 4.57 Å². The number of hydrogen-bond acceptors (Lipinski definition) is 17. The first kappa shape index (κ1) is 33.9. The van der Waals surface area contributed by atoms with Crippen molar-refractivity contribution in [3.8, 4) is 0 Å². The zero-order valence-corrected chi connectivity index (χ0v) is 26.0. The van der Waals surface area contributed by atoms with Gasteiger partial charge in [-0.3, -0.25) is 18.2 Å². The van der Waals surface area contributed by atoms with Crippen molar-refractivity contribution >= 4 is 38.2 Å². The molecule has 0 amide bonds. The van der Waals surface area contributed by atoms with Gasteiger partial charge in [0, 0.05) is 19.2 Å². The minimum atomic E-state index is -5.11. The maximum absolute atomic E-state index is 14.0. The smallest absolute Gasteiger partial charge is 0.387 e. The molecule has 22 nitrogen and oxygen atoms in total. The molecule has 24 heteroatoms. The number of hydrogen-bond donors (Lipinski definition) is 7. The zero-order chi connectivity index (χ0) is 33.7. The zero-order valence-electron chi connectivity index (χ0n) is 24.2. The number of aromatic nitrogens is 6. The number of imidazole rings is 1. The molecule has 0 aliphatic carbocycles. The topological polar surface area (TPSA) is 321 Å². The predicted molar refractivity (Wildman–Crippen MR) is 154 cm³/mol. The van der Waals surface area contributed by atoms with E-state index >= 15 is 0 Å². The van der Waals surface area contributed by atoms with Crippen LogP contribution in [-0.4, -0.2) is 116 Å². The number of anilines is 2. The number of ether oxygens (including phenoxy) is 4. The molecular weight excluding hydrogens is 674 g/mol. The lowest BCUT2D eigenvalue weighted by Crippen LogP contribution is -2.41. The Balaban J connectivity index is 1.27. The molecule has 6 heterocycles. The molecule has 10 atom stereocenters. The molecule has 0 saturated carbocycles. The van der Waals surface area contributed by atoms with Gasteiger partial charge in [0.15, 0.2) is 30.2 Å². The van der Waals surface area contributed by atoms with Gasteiger partial charge in [-0.1, -0.05) is 0 Å². The Morgan fingerprint density at radius 1 is 0.979 bits per heavy atom. The van der Waals surface area contributed by atoms with Crippen LogP contribution in [-0.2, 0) is 37.1 Å². The average Bonchev–Trinajstić information content (AvgIpc) is 3.79. The van der Waals surface area contributed by atoms with Gasteiger partial charge in [0.1, 0.15) is 53.8 Å². The molecule has 3 fully saturated rings. The van der Waals surface area contributed by atoms with Gasteiger partial charge in [-0.05, 0) is 12.5 Å². The van der Waals surface area contributed by atoms with Crippen molar-refractivity contribution in [1.82, 2.24) is 29.1 Å². The molecule has 0 aromatic carbocycles. The highest BCUT2D eigenvalue weighted by Crippen LogP contribution is 2.58. The van der Waals surface area contributed by atoms with Crippen molar-refractivity contribution in [3.63, 3.8) is 0 Å². The summed E-state index contributed by atoms with van der Waals surface area (Å²) >= 11 is 0. The van der Waals surface area contributed by atoms with Crippen molar-refractivity contribution in [2.45, 2.75) is 67.8 Å². The third kappa shape index (κ3) is 6.97. The van der Waals surface area contributed by atoms with Crippen LogP contribution in [0.15, 0.2) is 29.7 Å². The number of nitrogens with zero attached hydrogens (tertiary/aromatic N) is 6. The molecule has 3 aliphatic rings. The lowest BCUT2D eigenvalue weighted by atomic mass is 10.1. The summed E-state index contributed by atoms with van der Waals surface area (Å²) in [6, 6.07) is 1.27. The lowest BCUT2D eigenvalue weighted by Gasteiger charge is -2.30. The van der Waals surface area contributed by atoms with E-state index in [1.807, 2.05) is 0 Å². The van der Waals surface area contributed by atoms with Crippen LogP contribution in [0.4, 0.5) is 11.6 Å². The minimum Gasteiger partial charge on any atom is -0.387 e. The van der Waals surface area contributed by atoms with E-state index in [4.69, 9.17) is 34.9 Å². The third-order valence-electron chi connectivity index (χ3n) is 7.84. The normalized spacial score (nSPS) is 32.7. The fourth-order valence-corrected chi connectivity index (χ4v) is 7.70. The van der Waals surface area contributed by atoms with Gasteiger partial charge in [0.25, 0.3) is 0 Å². The van der Waals surface area contributed by atoms with Crippen molar-refractivity contribution in [2.24, 2.45) is 0 Å².